The van der Waals surface area contributed by atoms with Crippen molar-refractivity contribution in [1.82, 2.24) is 4.72 Å². The number of nitrogens with one attached hydrogen (secondary N) is 1. The number of hydrogen-bond donors (Lipinski definition) is 2. The van der Waals surface area contributed by atoms with E-state index < -0.39 is 10.0 Å². The molecule has 6 heteroatoms. The van der Waals surface area contributed by atoms with Gasteiger partial charge in [-0.3, -0.25) is 0 Å². The van der Waals surface area contributed by atoms with E-state index in [1.165, 1.54) is 0 Å². The van der Waals surface area contributed by atoms with Crippen molar-refractivity contribution in [2.75, 3.05) is 26.4 Å². The van der Waals surface area contributed by atoms with Crippen LogP contribution in [-0.4, -0.2) is 39.9 Å². The molecular weight excluding hydrogens is 278 g/mol. The summed E-state index contributed by atoms with van der Waals surface area (Å²) in [5.41, 5.74) is 0. The lowest BCUT2D eigenvalue weighted by atomic mass is 10.1. The van der Waals surface area contributed by atoms with Gasteiger partial charge in [0.15, 0.2) is 0 Å². The SMILES string of the molecule is O=S(=O)(NCCOCCO)c1cccc2ccccc12. The van der Waals surface area contributed by atoms with Crippen LogP contribution in [-0.2, 0) is 14.8 Å². The maximum atomic E-state index is 12.3. The highest BCUT2D eigenvalue weighted by atomic mass is 32.2. The molecule has 0 radical (unpaired) electrons. The van der Waals surface area contributed by atoms with E-state index in [0.29, 0.717) is 5.39 Å². The number of hydrogen-bond acceptors (Lipinski definition) is 4. The molecule has 5 nitrogen and oxygen atoms in total. The summed E-state index contributed by atoms with van der Waals surface area (Å²) in [6.45, 7) is 0.530. The highest BCUT2D eigenvalue weighted by molar-refractivity contribution is 7.89. The van der Waals surface area contributed by atoms with Gasteiger partial charge < -0.3 is 9.84 Å². The van der Waals surface area contributed by atoms with Crippen LogP contribution >= 0.6 is 0 Å². The second kappa shape index (κ2) is 6.81. The first-order valence-corrected chi connectivity index (χ1v) is 7.79. The molecule has 20 heavy (non-hydrogen) atoms. The molecule has 2 N–H and O–H groups in total. The van der Waals surface area contributed by atoms with Crippen molar-refractivity contribution < 1.29 is 18.3 Å². The van der Waals surface area contributed by atoms with Crippen molar-refractivity contribution >= 4 is 20.8 Å². The number of aliphatic hydroxyl groups excluding tert-OH is 1. The Hall–Kier alpha value is -1.47. The standard InChI is InChI=1S/C14H17NO4S/c16-9-11-19-10-8-15-20(17,18)14-7-3-5-12-4-1-2-6-13(12)14/h1-7,15-16H,8-11H2. The van der Waals surface area contributed by atoms with E-state index >= 15 is 0 Å². The van der Waals surface area contributed by atoms with Gasteiger partial charge in [-0.25, -0.2) is 13.1 Å². The second-order valence-electron chi connectivity index (χ2n) is 4.21. The number of sulfonamides is 1. The Kier molecular flexibility index (Phi) is 5.08. The first-order chi connectivity index (χ1) is 9.65. The Labute approximate surface area is 118 Å². The molecule has 0 bridgehead atoms. The predicted octanol–water partition coefficient (Wildman–Crippen LogP) is 1.13. The highest BCUT2D eigenvalue weighted by Gasteiger charge is 2.16. The molecule has 0 spiro atoms. The van der Waals surface area contributed by atoms with Gasteiger partial charge in [-0.15, -0.1) is 0 Å². The van der Waals surface area contributed by atoms with E-state index in [9.17, 15) is 8.42 Å². The Morgan fingerprint density at radius 3 is 2.60 bits per heavy atom. The van der Waals surface area contributed by atoms with E-state index in [2.05, 4.69) is 4.72 Å². The number of rotatable bonds is 7. The maximum Gasteiger partial charge on any atom is 0.241 e. The van der Waals surface area contributed by atoms with Crippen molar-refractivity contribution in [3.63, 3.8) is 0 Å². The molecule has 108 valence electrons. The van der Waals surface area contributed by atoms with Gasteiger partial charge in [-0.05, 0) is 11.5 Å². The van der Waals surface area contributed by atoms with E-state index in [0.717, 1.165) is 5.39 Å². The van der Waals surface area contributed by atoms with Crippen molar-refractivity contribution in [2.45, 2.75) is 4.90 Å². The minimum atomic E-state index is -3.57. The summed E-state index contributed by atoms with van der Waals surface area (Å²) < 4.78 is 32.0. The molecule has 2 rings (SSSR count). The van der Waals surface area contributed by atoms with E-state index in [1.807, 2.05) is 24.3 Å². The van der Waals surface area contributed by atoms with Gasteiger partial charge in [-0.1, -0.05) is 36.4 Å². The quantitative estimate of drug-likeness (QED) is 0.751. The highest BCUT2D eigenvalue weighted by Crippen LogP contribution is 2.22. The number of benzene rings is 2. The molecule has 0 fully saturated rings. The Balaban J connectivity index is 2.15. The van der Waals surface area contributed by atoms with Crippen LogP contribution < -0.4 is 4.72 Å². The van der Waals surface area contributed by atoms with Gasteiger partial charge in [-0.2, -0.15) is 0 Å². The zero-order chi connectivity index (χ0) is 14.4. The van der Waals surface area contributed by atoms with E-state index in [1.54, 1.807) is 18.2 Å². The van der Waals surface area contributed by atoms with Crippen LogP contribution in [0.25, 0.3) is 10.8 Å². The average molecular weight is 295 g/mol. The average Bonchev–Trinajstić information content (AvgIpc) is 2.46. The van der Waals surface area contributed by atoms with Crippen molar-refractivity contribution in [1.29, 1.82) is 0 Å². The predicted molar refractivity (Wildman–Crippen MR) is 77.0 cm³/mol. The van der Waals surface area contributed by atoms with Crippen LogP contribution in [0.5, 0.6) is 0 Å². The Morgan fingerprint density at radius 1 is 1.05 bits per heavy atom. The summed E-state index contributed by atoms with van der Waals surface area (Å²) in [7, 11) is -3.57. The summed E-state index contributed by atoms with van der Waals surface area (Å²) in [5, 5.41) is 10.1. The lowest BCUT2D eigenvalue weighted by Gasteiger charge is -2.09. The zero-order valence-electron chi connectivity index (χ0n) is 11.0. The van der Waals surface area contributed by atoms with Gasteiger partial charge in [0.05, 0.1) is 24.7 Å². The molecule has 0 aliphatic rings. The Bertz CT molecular complexity index is 664. The zero-order valence-corrected chi connectivity index (χ0v) is 11.8. The maximum absolute atomic E-state index is 12.3. The van der Waals surface area contributed by atoms with Crippen molar-refractivity contribution in [3.05, 3.63) is 42.5 Å². The van der Waals surface area contributed by atoms with Crippen molar-refractivity contribution in [2.24, 2.45) is 0 Å². The summed E-state index contributed by atoms with van der Waals surface area (Å²) in [4.78, 5) is 0.262. The third kappa shape index (κ3) is 3.55. The van der Waals surface area contributed by atoms with E-state index in [-0.39, 0.29) is 31.3 Å². The fourth-order valence-electron chi connectivity index (χ4n) is 1.92. The lowest BCUT2D eigenvalue weighted by molar-refractivity contribution is 0.0961. The Morgan fingerprint density at radius 2 is 1.80 bits per heavy atom. The molecule has 0 atom stereocenters. The summed E-state index contributed by atoms with van der Waals surface area (Å²) in [6.07, 6.45) is 0. The van der Waals surface area contributed by atoms with Crippen LogP contribution in [0.1, 0.15) is 0 Å². The fraction of sp³-hybridized carbons (Fsp3) is 0.286. The van der Waals surface area contributed by atoms with Gasteiger partial charge in [0.1, 0.15) is 0 Å². The molecule has 0 aliphatic carbocycles. The third-order valence-corrected chi connectivity index (χ3v) is 4.33. The van der Waals surface area contributed by atoms with Gasteiger partial charge >= 0.3 is 0 Å². The topological polar surface area (TPSA) is 75.6 Å². The summed E-state index contributed by atoms with van der Waals surface area (Å²) >= 11 is 0. The van der Waals surface area contributed by atoms with Crippen molar-refractivity contribution in [3.8, 4) is 0 Å². The monoisotopic (exact) mass is 295 g/mol. The summed E-state index contributed by atoms with van der Waals surface area (Å²) in [6, 6.07) is 12.5. The number of ether oxygens (including phenoxy) is 1. The smallest absolute Gasteiger partial charge is 0.241 e. The minimum Gasteiger partial charge on any atom is -0.394 e. The van der Waals surface area contributed by atoms with Crippen LogP contribution in [0.2, 0.25) is 0 Å². The van der Waals surface area contributed by atoms with Crippen LogP contribution in [0.4, 0.5) is 0 Å². The molecule has 0 amide bonds. The molecule has 0 saturated heterocycles. The lowest BCUT2D eigenvalue weighted by Crippen LogP contribution is -2.28. The largest absolute Gasteiger partial charge is 0.394 e. The minimum absolute atomic E-state index is 0.0733. The summed E-state index contributed by atoms with van der Waals surface area (Å²) in [5.74, 6) is 0. The molecule has 0 aromatic heterocycles. The second-order valence-corrected chi connectivity index (χ2v) is 5.95. The molecule has 0 aliphatic heterocycles. The molecule has 0 saturated carbocycles. The fourth-order valence-corrected chi connectivity index (χ4v) is 3.16. The number of aliphatic hydroxyl groups is 1. The van der Waals surface area contributed by atoms with E-state index in [4.69, 9.17) is 9.84 Å². The van der Waals surface area contributed by atoms with Gasteiger partial charge in [0.25, 0.3) is 0 Å². The van der Waals surface area contributed by atoms with Crippen LogP contribution in [0.15, 0.2) is 47.4 Å². The first-order valence-electron chi connectivity index (χ1n) is 6.31. The van der Waals surface area contributed by atoms with Crippen LogP contribution in [0, 0.1) is 0 Å². The molecule has 2 aromatic carbocycles. The molecule has 0 unspecified atom stereocenters. The molecular formula is C14H17NO4S. The van der Waals surface area contributed by atoms with Gasteiger partial charge in [0, 0.05) is 11.9 Å². The van der Waals surface area contributed by atoms with Crippen LogP contribution in [0.3, 0.4) is 0 Å². The third-order valence-electron chi connectivity index (χ3n) is 2.81. The normalized spacial score (nSPS) is 11.8. The van der Waals surface area contributed by atoms with Gasteiger partial charge in [0.2, 0.25) is 10.0 Å². The number of fused-ring (bicyclic) bond motifs is 1. The molecule has 2 aromatic rings. The first kappa shape index (κ1) is 14.9. The molecule has 0 heterocycles.